The average molecular weight is 417 g/mol. The van der Waals surface area contributed by atoms with Gasteiger partial charge in [-0.1, -0.05) is 46.4 Å². The van der Waals surface area contributed by atoms with E-state index in [-0.39, 0.29) is 37.7 Å². The maximum atomic E-state index is 8.79. The minimum absolute atomic E-state index is 0. The van der Waals surface area contributed by atoms with Gasteiger partial charge in [-0.05, 0) is 36.4 Å². The van der Waals surface area contributed by atoms with Gasteiger partial charge < -0.3 is 10.2 Å². The first-order chi connectivity index (χ1) is 8.40. The van der Waals surface area contributed by atoms with Crippen LogP contribution in [0.2, 0.25) is 20.1 Å². The van der Waals surface area contributed by atoms with Crippen molar-refractivity contribution in [1.82, 2.24) is 0 Å². The zero-order valence-electron chi connectivity index (χ0n) is 9.37. The van der Waals surface area contributed by atoms with Crippen molar-refractivity contribution in [1.29, 1.82) is 0 Å². The number of hydrogen-bond donors (Lipinski definition) is 2. The third-order valence-electron chi connectivity index (χ3n) is 1.81. The molecule has 2 nitrogen and oxygen atoms in total. The third-order valence-corrected chi connectivity index (χ3v) is 3.28. The Kier molecular flexibility index (Phi) is 9.14. The number of halogens is 4. The molecule has 0 amide bonds. The van der Waals surface area contributed by atoms with Crippen molar-refractivity contribution in [2.75, 3.05) is 0 Å². The van der Waals surface area contributed by atoms with Crippen LogP contribution in [0.3, 0.4) is 0 Å². The van der Waals surface area contributed by atoms with E-state index in [1.165, 1.54) is 24.3 Å². The molecule has 100 valence electrons. The minimum Gasteiger partial charge on any atom is -0.508 e. The summed E-state index contributed by atoms with van der Waals surface area (Å²) >= 11 is 22.1. The van der Waals surface area contributed by atoms with E-state index in [2.05, 4.69) is 0 Å². The van der Waals surface area contributed by atoms with Crippen LogP contribution in [0.15, 0.2) is 36.4 Å². The molecule has 2 rings (SSSR count). The first kappa shape index (κ1) is 19.1. The van der Waals surface area contributed by atoms with Gasteiger partial charge in [0.1, 0.15) is 11.5 Å². The SMILES string of the molecule is Oc1ccc(Cl)c(Cl)c1.Oc1ccc(Cl)c(Cl)c1.[Zr]. The molecule has 0 aromatic heterocycles. The Labute approximate surface area is 150 Å². The molecule has 0 heterocycles. The van der Waals surface area contributed by atoms with Crippen LogP contribution in [0.1, 0.15) is 0 Å². The van der Waals surface area contributed by atoms with E-state index < -0.39 is 0 Å². The first-order valence-corrected chi connectivity index (χ1v) is 6.19. The molecule has 0 fully saturated rings. The first-order valence-electron chi connectivity index (χ1n) is 4.68. The number of aromatic hydroxyl groups is 2. The molecule has 0 radical (unpaired) electrons. The van der Waals surface area contributed by atoms with Crippen LogP contribution in [0.5, 0.6) is 11.5 Å². The smallest absolute Gasteiger partial charge is 0.117 e. The van der Waals surface area contributed by atoms with Gasteiger partial charge in [0.2, 0.25) is 0 Å². The van der Waals surface area contributed by atoms with Gasteiger partial charge in [-0.25, -0.2) is 0 Å². The fourth-order valence-corrected chi connectivity index (χ4v) is 1.55. The van der Waals surface area contributed by atoms with Crippen LogP contribution in [0.4, 0.5) is 0 Å². The molecule has 2 aromatic rings. The molecule has 2 N–H and O–H groups in total. The zero-order chi connectivity index (χ0) is 13.7. The van der Waals surface area contributed by atoms with Gasteiger partial charge in [-0.3, -0.25) is 0 Å². The molecule has 0 saturated carbocycles. The fourth-order valence-electron chi connectivity index (χ4n) is 0.970. The molecular formula is C12H8Cl4O2Zr. The Morgan fingerprint density at radius 2 is 0.895 bits per heavy atom. The maximum absolute atomic E-state index is 8.79. The van der Waals surface area contributed by atoms with Crippen molar-refractivity contribution in [3.05, 3.63) is 56.5 Å². The summed E-state index contributed by atoms with van der Waals surface area (Å²) in [6, 6.07) is 8.83. The van der Waals surface area contributed by atoms with Gasteiger partial charge in [0.15, 0.2) is 0 Å². The Hall–Kier alpha value is 0.0831. The van der Waals surface area contributed by atoms with Crippen molar-refractivity contribution >= 4 is 46.4 Å². The van der Waals surface area contributed by atoms with Crippen LogP contribution < -0.4 is 0 Å². The summed E-state index contributed by atoms with van der Waals surface area (Å²) in [5.74, 6) is 0.258. The van der Waals surface area contributed by atoms with E-state index in [1.54, 1.807) is 12.1 Å². The van der Waals surface area contributed by atoms with E-state index in [4.69, 9.17) is 56.6 Å². The van der Waals surface area contributed by atoms with Gasteiger partial charge in [-0.15, -0.1) is 0 Å². The average Bonchev–Trinajstić information content (AvgIpc) is 2.30. The van der Waals surface area contributed by atoms with Gasteiger partial charge in [0.05, 0.1) is 20.1 Å². The molecule has 0 saturated heterocycles. The van der Waals surface area contributed by atoms with E-state index in [0.29, 0.717) is 20.1 Å². The standard InChI is InChI=1S/2C6H4Cl2O.Zr/c2*7-5-2-1-4(9)3-6(5)8;/h2*1-3,9H;. The van der Waals surface area contributed by atoms with Crippen molar-refractivity contribution in [2.45, 2.75) is 0 Å². The molecule has 0 aliphatic heterocycles. The Morgan fingerprint density at radius 1 is 0.579 bits per heavy atom. The van der Waals surface area contributed by atoms with Crippen LogP contribution >= 0.6 is 46.4 Å². The van der Waals surface area contributed by atoms with Gasteiger partial charge >= 0.3 is 0 Å². The quantitative estimate of drug-likeness (QED) is 0.603. The van der Waals surface area contributed by atoms with E-state index in [9.17, 15) is 0 Å². The predicted octanol–water partition coefficient (Wildman–Crippen LogP) is 5.40. The zero-order valence-corrected chi connectivity index (χ0v) is 14.9. The van der Waals surface area contributed by atoms with Crippen molar-refractivity contribution in [2.24, 2.45) is 0 Å². The topological polar surface area (TPSA) is 40.5 Å². The summed E-state index contributed by atoms with van der Waals surface area (Å²) in [6.07, 6.45) is 0. The molecule has 0 bridgehead atoms. The number of phenols is 2. The molecule has 0 aliphatic rings. The van der Waals surface area contributed by atoms with Gasteiger partial charge in [0.25, 0.3) is 0 Å². The van der Waals surface area contributed by atoms with Crippen LogP contribution in [-0.2, 0) is 26.2 Å². The summed E-state index contributed by atoms with van der Waals surface area (Å²) < 4.78 is 0. The third kappa shape index (κ3) is 6.88. The summed E-state index contributed by atoms with van der Waals surface area (Å²) in [5, 5.41) is 19.2. The molecular weight excluding hydrogens is 409 g/mol. The second-order valence-electron chi connectivity index (χ2n) is 3.20. The molecule has 0 spiro atoms. The number of rotatable bonds is 0. The van der Waals surface area contributed by atoms with Crippen LogP contribution in [0.25, 0.3) is 0 Å². The molecule has 0 atom stereocenters. The molecule has 7 heteroatoms. The van der Waals surface area contributed by atoms with Crippen molar-refractivity contribution in [3.63, 3.8) is 0 Å². The summed E-state index contributed by atoms with van der Waals surface area (Å²) in [6.45, 7) is 0. The van der Waals surface area contributed by atoms with Crippen molar-refractivity contribution < 1.29 is 36.4 Å². The number of hydrogen-bond acceptors (Lipinski definition) is 2. The van der Waals surface area contributed by atoms with E-state index >= 15 is 0 Å². The number of benzene rings is 2. The second kappa shape index (κ2) is 9.10. The van der Waals surface area contributed by atoms with Crippen LogP contribution in [0, 0.1) is 0 Å². The fraction of sp³-hybridized carbons (Fsp3) is 0. The second-order valence-corrected chi connectivity index (χ2v) is 4.83. The van der Waals surface area contributed by atoms with Crippen LogP contribution in [-0.4, -0.2) is 10.2 Å². The normalized spacial score (nSPS) is 9.05. The molecule has 0 aliphatic carbocycles. The number of phenolic OH excluding ortho intramolecular Hbond substituents is 2. The maximum Gasteiger partial charge on any atom is 0.117 e. The predicted molar refractivity (Wildman–Crippen MR) is 76.3 cm³/mol. The van der Waals surface area contributed by atoms with Gasteiger partial charge in [0, 0.05) is 26.2 Å². The molecule has 2 aromatic carbocycles. The monoisotopic (exact) mass is 414 g/mol. The molecule has 19 heavy (non-hydrogen) atoms. The summed E-state index contributed by atoms with van der Waals surface area (Å²) in [7, 11) is 0. The van der Waals surface area contributed by atoms with Gasteiger partial charge in [-0.2, -0.15) is 0 Å². The summed E-state index contributed by atoms with van der Waals surface area (Å²) in [5.41, 5.74) is 0. The largest absolute Gasteiger partial charge is 0.508 e. The Balaban J connectivity index is 0.000000324. The van der Waals surface area contributed by atoms with E-state index in [0.717, 1.165) is 0 Å². The Bertz CT molecular complexity index is 500. The summed E-state index contributed by atoms with van der Waals surface area (Å²) in [4.78, 5) is 0. The molecule has 0 unspecified atom stereocenters. The minimum atomic E-state index is 0. The van der Waals surface area contributed by atoms with E-state index in [1.807, 2.05) is 0 Å². The Morgan fingerprint density at radius 3 is 1.11 bits per heavy atom. The van der Waals surface area contributed by atoms with Crippen molar-refractivity contribution in [3.8, 4) is 11.5 Å².